The van der Waals surface area contributed by atoms with Crippen molar-refractivity contribution in [3.63, 3.8) is 0 Å². The molecule has 1 heterocycles. The van der Waals surface area contributed by atoms with Crippen molar-refractivity contribution in [3.05, 3.63) is 29.8 Å². The quantitative estimate of drug-likeness (QED) is 0.725. The van der Waals surface area contributed by atoms with Gasteiger partial charge in [-0.1, -0.05) is 24.6 Å². The minimum atomic E-state index is -0.0856. The van der Waals surface area contributed by atoms with Gasteiger partial charge in [0.05, 0.1) is 17.5 Å². The summed E-state index contributed by atoms with van der Waals surface area (Å²) in [5.41, 5.74) is 1.86. The second-order valence-corrected chi connectivity index (χ2v) is 5.98. The molecule has 100 valence electrons. The van der Waals surface area contributed by atoms with Gasteiger partial charge in [-0.3, -0.25) is 14.5 Å². The maximum Gasteiger partial charge on any atom is 0.237 e. The van der Waals surface area contributed by atoms with Gasteiger partial charge < -0.3 is 0 Å². The van der Waals surface area contributed by atoms with E-state index < -0.39 is 0 Å². The Morgan fingerprint density at radius 3 is 2.32 bits per heavy atom. The Morgan fingerprint density at radius 2 is 1.63 bits per heavy atom. The van der Waals surface area contributed by atoms with E-state index in [4.69, 9.17) is 0 Å². The Bertz CT molecular complexity index is 520. The lowest BCUT2D eigenvalue weighted by Crippen LogP contribution is -2.30. The van der Waals surface area contributed by atoms with Crippen LogP contribution in [0.5, 0.6) is 0 Å². The molecule has 1 aromatic rings. The third kappa shape index (κ3) is 1.97. The lowest BCUT2D eigenvalue weighted by molar-refractivity contribution is -0.122. The van der Waals surface area contributed by atoms with Crippen LogP contribution in [0.1, 0.15) is 31.7 Å². The highest BCUT2D eigenvalue weighted by atomic mass is 16.2. The van der Waals surface area contributed by atoms with Crippen LogP contribution in [0.15, 0.2) is 24.3 Å². The summed E-state index contributed by atoms with van der Waals surface area (Å²) in [5, 5.41) is 0. The maximum absolute atomic E-state index is 12.5. The number of hydrogen-bond acceptors (Lipinski definition) is 2. The molecule has 0 spiro atoms. The summed E-state index contributed by atoms with van der Waals surface area (Å²) in [6, 6.07) is 7.62. The molecule has 19 heavy (non-hydrogen) atoms. The highest BCUT2D eigenvalue weighted by molar-refractivity contribution is 6.22. The smallest absolute Gasteiger partial charge is 0.237 e. The fourth-order valence-corrected chi connectivity index (χ4v) is 3.34. The molecule has 3 atom stereocenters. The summed E-state index contributed by atoms with van der Waals surface area (Å²) in [6.07, 6.45) is 2.78. The Balaban J connectivity index is 1.93. The van der Waals surface area contributed by atoms with E-state index in [2.05, 4.69) is 6.92 Å². The molecule has 1 saturated carbocycles. The van der Waals surface area contributed by atoms with Gasteiger partial charge >= 0.3 is 0 Å². The minimum absolute atomic E-state index is 0.00500. The number of amides is 2. The zero-order valence-electron chi connectivity index (χ0n) is 11.4. The Hall–Kier alpha value is -1.64. The van der Waals surface area contributed by atoms with Crippen LogP contribution < -0.4 is 4.90 Å². The van der Waals surface area contributed by atoms with E-state index in [1.165, 1.54) is 4.90 Å². The second kappa shape index (κ2) is 4.48. The Kier molecular flexibility index (Phi) is 2.92. The first kappa shape index (κ1) is 12.4. The fourth-order valence-electron chi connectivity index (χ4n) is 3.34. The van der Waals surface area contributed by atoms with Crippen molar-refractivity contribution in [2.75, 3.05) is 4.90 Å². The van der Waals surface area contributed by atoms with Crippen molar-refractivity contribution in [3.8, 4) is 0 Å². The number of carbonyl (C=O) groups excluding carboxylic acids is 2. The normalized spacial score (nSPS) is 30.6. The molecular weight excluding hydrogens is 238 g/mol. The van der Waals surface area contributed by atoms with Gasteiger partial charge in [0.15, 0.2) is 0 Å². The van der Waals surface area contributed by atoms with Gasteiger partial charge in [0, 0.05) is 0 Å². The molecule has 1 aliphatic carbocycles. The van der Waals surface area contributed by atoms with Crippen molar-refractivity contribution in [1.82, 2.24) is 0 Å². The topological polar surface area (TPSA) is 37.4 Å². The highest BCUT2D eigenvalue weighted by Gasteiger charge is 2.49. The molecule has 2 amide bonds. The molecule has 0 unspecified atom stereocenters. The molecule has 0 aromatic heterocycles. The van der Waals surface area contributed by atoms with Gasteiger partial charge in [0.25, 0.3) is 0 Å². The molecule has 1 aliphatic heterocycles. The summed E-state index contributed by atoms with van der Waals surface area (Å²) in [7, 11) is 0. The van der Waals surface area contributed by atoms with E-state index in [0.29, 0.717) is 5.92 Å². The van der Waals surface area contributed by atoms with Crippen molar-refractivity contribution < 1.29 is 9.59 Å². The molecule has 3 heteroatoms. The lowest BCUT2D eigenvalue weighted by atomic mass is 9.76. The molecule has 0 bridgehead atoms. The zero-order chi connectivity index (χ0) is 13.6. The highest BCUT2D eigenvalue weighted by Crippen LogP contribution is 2.42. The average Bonchev–Trinajstić information content (AvgIpc) is 2.63. The predicted molar refractivity (Wildman–Crippen MR) is 73.7 cm³/mol. The minimum Gasteiger partial charge on any atom is -0.274 e. The van der Waals surface area contributed by atoms with Crippen LogP contribution in [0.25, 0.3) is 0 Å². The van der Waals surface area contributed by atoms with Crippen LogP contribution >= 0.6 is 0 Å². The number of imide groups is 1. The fraction of sp³-hybridized carbons (Fsp3) is 0.500. The average molecular weight is 257 g/mol. The van der Waals surface area contributed by atoms with Crippen LogP contribution in [-0.2, 0) is 9.59 Å². The van der Waals surface area contributed by atoms with E-state index in [1.807, 2.05) is 31.2 Å². The van der Waals surface area contributed by atoms with Crippen molar-refractivity contribution >= 4 is 17.5 Å². The van der Waals surface area contributed by atoms with Crippen LogP contribution in [0.3, 0.4) is 0 Å². The van der Waals surface area contributed by atoms with Gasteiger partial charge in [-0.2, -0.15) is 0 Å². The number of aryl methyl sites for hydroxylation is 1. The summed E-state index contributed by atoms with van der Waals surface area (Å²) >= 11 is 0. The summed E-state index contributed by atoms with van der Waals surface area (Å²) in [6.45, 7) is 4.17. The van der Waals surface area contributed by atoms with Gasteiger partial charge in [-0.25, -0.2) is 0 Å². The van der Waals surface area contributed by atoms with Crippen molar-refractivity contribution in [2.45, 2.75) is 33.1 Å². The summed E-state index contributed by atoms with van der Waals surface area (Å²) < 4.78 is 0. The first-order chi connectivity index (χ1) is 9.08. The number of carbonyl (C=O) groups is 2. The van der Waals surface area contributed by atoms with E-state index in [-0.39, 0.29) is 23.7 Å². The van der Waals surface area contributed by atoms with Gasteiger partial charge in [-0.05, 0) is 44.2 Å². The monoisotopic (exact) mass is 257 g/mol. The van der Waals surface area contributed by atoms with Gasteiger partial charge in [0.1, 0.15) is 0 Å². The molecule has 3 rings (SSSR count). The number of hydrogen-bond donors (Lipinski definition) is 0. The molecule has 3 nitrogen and oxygen atoms in total. The second-order valence-electron chi connectivity index (χ2n) is 5.98. The molecule has 1 saturated heterocycles. The predicted octanol–water partition coefficient (Wildman–Crippen LogP) is 2.92. The third-order valence-corrected chi connectivity index (χ3v) is 4.48. The number of fused-ring (bicyclic) bond motifs is 1. The first-order valence-corrected chi connectivity index (χ1v) is 7.02. The Morgan fingerprint density at radius 1 is 1.00 bits per heavy atom. The number of nitrogens with zero attached hydrogens (tertiary/aromatic N) is 1. The van der Waals surface area contributed by atoms with Crippen LogP contribution in [0, 0.1) is 24.7 Å². The van der Waals surface area contributed by atoms with Crippen LogP contribution in [0.2, 0.25) is 0 Å². The SMILES string of the molecule is Cc1ccc(N2C(=O)[C@H]3CC[C@@H](C)C[C@H]3C2=O)cc1. The van der Waals surface area contributed by atoms with Crippen LogP contribution in [0.4, 0.5) is 5.69 Å². The molecule has 0 radical (unpaired) electrons. The third-order valence-electron chi connectivity index (χ3n) is 4.48. The van der Waals surface area contributed by atoms with E-state index in [9.17, 15) is 9.59 Å². The molecule has 0 N–H and O–H groups in total. The molecule has 2 aliphatic rings. The number of anilines is 1. The van der Waals surface area contributed by atoms with Crippen LogP contribution in [-0.4, -0.2) is 11.8 Å². The zero-order valence-corrected chi connectivity index (χ0v) is 11.4. The van der Waals surface area contributed by atoms with Gasteiger partial charge in [0.2, 0.25) is 11.8 Å². The van der Waals surface area contributed by atoms with Crippen molar-refractivity contribution in [1.29, 1.82) is 0 Å². The molecular formula is C16H19NO2. The summed E-state index contributed by atoms with van der Waals surface area (Å²) in [5.74, 6) is 0.398. The summed E-state index contributed by atoms with van der Waals surface area (Å²) in [4.78, 5) is 26.3. The molecule has 1 aromatic carbocycles. The number of benzene rings is 1. The van der Waals surface area contributed by atoms with E-state index in [0.717, 1.165) is 30.5 Å². The maximum atomic E-state index is 12.5. The standard InChI is InChI=1S/C16H19NO2/c1-10-3-6-12(7-4-10)17-15(18)13-8-5-11(2)9-14(13)16(17)19/h3-4,6-7,11,13-14H,5,8-9H2,1-2H3/t11-,13+,14-/m1/s1. The van der Waals surface area contributed by atoms with E-state index >= 15 is 0 Å². The largest absolute Gasteiger partial charge is 0.274 e. The first-order valence-electron chi connectivity index (χ1n) is 7.02. The lowest BCUT2D eigenvalue weighted by Gasteiger charge is -2.25. The number of rotatable bonds is 1. The van der Waals surface area contributed by atoms with E-state index in [1.54, 1.807) is 0 Å². The molecule has 2 fully saturated rings. The van der Waals surface area contributed by atoms with Gasteiger partial charge in [-0.15, -0.1) is 0 Å². The Labute approximate surface area is 113 Å². The van der Waals surface area contributed by atoms with Crippen molar-refractivity contribution in [2.24, 2.45) is 17.8 Å².